The number of Topliss-reactive ketones (excluding diaryl/α,β-unsaturated/α-hetero) is 1. The maximum absolute atomic E-state index is 12.7. The molecule has 0 spiro atoms. The molecule has 1 saturated heterocycles. The van der Waals surface area contributed by atoms with Crippen molar-refractivity contribution in [2.75, 3.05) is 0 Å². The maximum atomic E-state index is 12.7. The lowest BCUT2D eigenvalue weighted by molar-refractivity contribution is -0.118. The molecule has 2 aliphatic rings. The number of rotatable bonds is 5. The Labute approximate surface area is 183 Å². The molecular weight excluding hydrogens is 422 g/mol. The Morgan fingerprint density at radius 3 is 2.83 bits per heavy atom. The van der Waals surface area contributed by atoms with E-state index in [9.17, 15) is 14.7 Å². The number of amidine groups is 1. The SMILES string of the molecule is O=C(CC1S/C(=N\N=C\c2cc(Cl)ccc2O)NC1=O)c1ccc2c(c1)CCCC2. The lowest BCUT2D eigenvalue weighted by Gasteiger charge is -2.16. The molecule has 1 atom stereocenters. The Morgan fingerprint density at radius 1 is 1.20 bits per heavy atom. The summed E-state index contributed by atoms with van der Waals surface area (Å²) < 4.78 is 0. The average Bonchev–Trinajstić information content (AvgIpc) is 3.09. The van der Waals surface area contributed by atoms with Gasteiger partial charge in [0.2, 0.25) is 5.91 Å². The van der Waals surface area contributed by atoms with Crippen LogP contribution in [-0.2, 0) is 17.6 Å². The highest BCUT2D eigenvalue weighted by molar-refractivity contribution is 8.15. The average molecular weight is 442 g/mol. The molecule has 6 nitrogen and oxygen atoms in total. The van der Waals surface area contributed by atoms with Crippen LogP contribution in [0.1, 0.15) is 46.3 Å². The summed E-state index contributed by atoms with van der Waals surface area (Å²) in [4.78, 5) is 24.9. The third-order valence-corrected chi connectivity index (χ3v) is 6.46. The van der Waals surface area contributed by atoms with Crippen molar-refractivity contribution in [1.82, 2.24) is 5.32 Å². The van der Waals surface area contributed by atoms with Gasteiger partial charge in [-0.2, -0.15) is 5.10 Å². The molecule has 30 heavy (non-hydrogen) atoms. The van der Waals surface area contributed by atoms with Gasteiger partial charge in [-0.15, -0.1) is 5.10 Å². The number of carbonyl (C=O) groups is 2. The van der Waals surface area contributed by atoms with Gasteiger partial charge in [0.15, 0.2) is 11.0 Å². The van der Waals surface area contributed by atoms with Crippen LogP contribution in [0.2, 0.25) is 5.02 Å². The predicted octanol–water partition coefficient (Wildman–Crippen LogP) is 4.12. The molecule has 1 aliphatic carbocycles. The largest absolute Gasteiger partial charge is 0.507 e. The minimum absolute atomic E-state index is 0.0278. The van der Waals surface area contributed by atoms with Crippen LogP contribution in [0.4, 0.5) is 0 Å². The molecule has 4 rings (SSSR count). The molecule has 1 heterocycles. The second-order valence-corrected chi connectivity index (χ2v) is 8.89. The van der Waals surface area contributed by atoms with Crippen LogP contribution in [0.15, 0.2) is 46.6 Å². The molecule has 1 aliphatic heterocycles. The van der Waals surface area contributed by atoms with Gasteiger partial charge in [-0.1, -0.05) is 35.5 Å². The van der Waals surface area contributed by atoms with E-state index >= 15 is 0 Å². The fraction of sp³-hybridized carbons (Fsp3) is 0.273. The number of benzene rings is 2. The van der Waals surface area contributed by atoms with Gasteiger partial charge in [0.25, 0.3) is 0 Å². The third kappa shape index (κ3) is 4.74. The molecule has 0 aromatic heterocycles. The lowest BCUT2D eigenvalue weighted by Crippen LogP contribution is -2.26. The van der Waals surface area contributed by atoms with Crippen molar-refractivity contribution in [1.29, 1.82) is 0 Å². The first kappa shape index (κ1) is 20.6. The van der Waals surface area contributed by atoms with E-state index in [0.717, 1.165) is 19.3 Å². The van der Waals surface area contributed by atoms with E-state index in [1.807, 2.05) is 18.2 Å². The lowest BCUT2D eigenvalue weighted by atomic mass is 9.89. The number of amides is 1. The number of phenolic OH excluding ortho intramolecular Hbond substituents is 1. The zero-order valence-corrected chi connectivity index (χ0v) is 17.7. The summed E-state index contributed by atoms with van der Waals surface area (Å²) in [6.45, 7) is 0. The Morgan fingerprint density at radius 2 is 2.00 bits per heavy atom. The predicted molar refractivity (Wildman–Crippen MR) is 120 cm³/mol. The second kappa shape index (κ2) is 9.02. The number of hydrogen-bond acceptors (Lipinski definition) is 6. The van der Waals surface area contributed by atoms with Crippen LogP contribution in [0, 0.1) is 0 Å². The van der Waals surface area contributed by atoms with Crippen LogP contribution < -0.4 is 5.32 Å². The van der Waals surface area contributed by atoms with Crippen molar-refractivity contribution >= 4 is 46.4 Å². The summed E-state index contributed by atoms with van der Waals surface area (Å²) in [7, 11) is 0. The summed E-state index contributed by atoms with van der Waals surface area (Å²) in [5, 5.41) is 20.6. The van der Waals surface area contributed by atoms with Gasteiger partial charge in [-0.25, -0.2) is 0 Å². The standard InChI is InChI=1S/C22H20ClN3O3S/c23-17-7-8-18(27)16(10-17)12-24-26-22-25-21(29)20(30-22)11-19(28)15-6-5-13-3-1-2-4-14(13)9-15/h5-10,12,20,27H,1-4,11H2,(H,25,26,29)/b24-12+. The number of hydrogen-bond donors (Lipinski definition) is 2. The molecule has 0 saturated carbocycles. The van der Waals surface area contributed by atoms with E-state index in [1.54, 1.807) is 12.1 Å². The van der Waals surface area contributed by atoms with Crippen molar-refractivity contribution in [2.45, 2.75) is 37.4 Å². The number of aryl methyl sites for hydroxylation is 2. The molecule has 8 heteroatoms. The number of carbonyl (C=O) groups excluding carboxylic acids is 2. The van der Waals surface area contributed by atoms with Gasteiger partial charge < -0.3 is 10.4 Å². The van der Waals surface area contributed by atoms with E-state index in [1.165, 1.54) is 41.6 Å². The first-order valence-electron chi connectivity index (χ1n) is 9.71. The van der Waals surface area contributed by atoms with E-state index in [2.05, 4.69) is 15.5 Å². The summed E-state index contributed by atoms with van der Waals surface area (Å²) >= 11 is 7.08. The minimum atomic E-state index is -0.540. The zero-order valence-electron chi connectivity index (χ0n) is 16.1. The molecule has 0 radical (unpaired) electrons. The van der Waals surface area contributed by atoms with Crippen molar-refractivity contribution in [3.63, 3.8) is 0 Å². The highest BCUT2D eigenvalue weighted by atomic mass is 35.5. The number of nitrogens with zero attached hydrogens (tertiary/aromatic N) is 2. The van der Waals surface area contributed by atoms with Gasteiger partial charge in [-0.3, -0.25) is 9.59 Å². The molecular formula is C22H20ClN3O3S. The van der Waals surface area contributed by atoms with E-state index < -0.39 is 5.25 Å². The first-order chi connectivity index (χ1) is 14.5. The van der Waals surface area contributed by atoms with Gasteiger partial charge in [0, 0.05) is 22.6 Å². The normalized spacial score (nSPS) is 19.8. The zero-order chi connectivity index (χ0) is 21.1. The van der Waals surface area contributed by atoms with Gasteiger partial charge in [0.1, 0.15) is 5.75 Å². The Hall–Kier alpha value is -2.64. The highest BCUT2D eigenvalue weighted by Gasteiger charge is 2.32. The van der Waals surface area contributed by atoms with Crippen LogP contribution in [0.25, 0.3) is 0 Å². The number of phenols is 1. The maximum Gasteiger partial charge on any atom is 0.240 e. The van der Waals surface area contributed by atoms with E-state index in [0.29, 0.717) is 21.3 Å². The topological polar surface area (TPSA) is 91.1 Å². The van der Waals surface area contributed by atoms with Crippen molar-refractivity contribution in [3.8, 4) is 5.75 Å². The number of ketones is 1. The molecule has 0 bridgehead atoms. The van der Waals surface area contributed by atoms with Crippen molar-refractivity contribution in [2.24, 2.45) is 10.2 Å². The van der Waals surface area contributed by atoms with Crippen molar-refractivity contribution in [3.05, 3.63) is 63.7 Å². The fourth-order valence-corrected chi connectivity index (χ4v) is 4.66. The molecule has 1 amide bonds. The fourth-order valence-electron chi connectivity index (χ4n) is 3.55. The minimum Gasteiger partial charge on any atom is -0.507 e. The smallest absolute Gasteiger partial charge is 0.240 e. The summed E-state index contributed by atoms with van der Waals surface area (Å²) in [6, 6.07) is 10.5. The van der Waals surface area contributed by atoms with Crippen LogP contribution >= 0.6 is 23.4 Å². The second-order valence-electron chi connectivity index (χ2n) is 7.27. The number of halogens is 1. The van der Waals surface area contributed by atoms with Crippen LogP contribution in [0.5, 0.6) is 5.75 Å². The van der Waals surface area contributed by atoms with Crippen LogP contribution in [0.3, 0.4) is 0 Å². The van der Waals surface area contributed by atoms with Gasteiger partial charge in [-0.05, 0) is 61.1 Å². The number of fused-ring (bicyclic) bond motifs is 1. The highest BCUT2D eigenvalue weighted by Crippen LogP contribution is 2.27. The van der Waals surface area contributed by atoms with Gasteiger partial charge >= 0.3 is 0 Å². The quantitative estimate of drug-likeness (QED) is 0.415. The van der Waals surface area contributed by atoms with Crippen LogP contribution in [-0.4, -0.2) is 33.4 Å². The Kier molecular flexibility index (Phi) is 6.20. The van der Waals surface area contributed by atoms with E-state index in [-0.39, 0.29) is 23.9 Å². The molecule has 2 aromatic rings. The summed E-state index contributed by atoms with van der Waals surface area (Å²) in [5.41, 5.74) is 3.64. The molecule has 1 unspecified atom stereocenters. The molecule has 2 N–H and O–H groups in total. The Bertz CT molecular complexity index is 1070. The summed E-state index contributed by atoms with van der Waals surface area (Å²) in [5.74, 6) is -0.282. The molecule has 2 aromatic carbocycles. The monoisotopic (exact) mass is 441 g/mol. The molecule has 154 valence electrons. The third-order valence-electron chi connectivity index (χ3n) is 5.15. The Balaban J connectivity index is 1.40. The first-order valence-corrected chi connectivity index (χ1v) is 11.0. The molecule has 1 fully saturated rings. The van der Waals surface area contributed by atoms with Gasteiger partial charge in [0.05, 0.1) is 11.5 Å². The number of thioether (sulfide) groups is 1. The summed E-state index contributed by atoms with van der Waals surface area (Å²) in [6.07, 6.45) is 5.88. The van der Waals surface area contributed by atoms with Crippen molar-refractivity contribution < 1.29 is 14.7 Å². The van der Waals surface area contributed by atoms with E-state index in [4.69, 9.17) is 11.6 Å². The number of aromatic hydroxyl groups is 1. The number of nitrogens with one attached hydrogen (secondary N) is 1.